The van der Waals surface area contributed by atoms with Crippen molar-refractivity contribution < 1.29 is 12.8 Å². The van der Waals surface area contributed by atoms with Crippen molar-refractivity contribution in [3.63, 3.8) is 0 Å². The molecule has 0 unspecified atom stereocenters. The van der Waals surface area contributed by atoms with E-state index in [0.717, 1.165) is 26.1 Å². The van der Waals surface area contributed by atoms with Crippen molar-refractivity contribution in [3.8, 4) is 0 Å². The third-order valence-electron chi connectivity index (χ3n) is 3.77. The predicted octanol–water partition coefficient (Wildman–Crippen LogP) is 1.02. The second-order valence-corrected chi connectivity index (χ2v) is 7.38. The zero-order chi connectivity index (χ0) is 15.5. The molecule has 0 aliphatic carbocycles. The van der Waals surface area contributed by atoms with E-state index in [9.17, 15) is 8.42 Å². The molecule has 0 saturated carbocycles. The van der Waals surface area contributed by atoms with Crippen LogP contribution in [0.5, 0.6) is 0 Å². The van der Waals surface area contributed by atoms with Crippen LogP contribution in [-0.4, -0.2) is 57.4 Å². The molecule has 6 nitrogen and oxygen atoms in total. The lowest BCUT2D eigenvalue weighted by atomic mass is 10.4. The van der Waals surface area contributed by atoms with Crippen molar-refractivity contribution in [3.05, 3.63) is 17.6 Å². The highest BCUT2D eigenvalue weighted by Crippen LogP contribution is 2.24. The molecule has 1 aromatic heterocycles. The number of hydrogen-bond donors (Lipinski definition) is 1. The average molecular weight is 315 g/mol. The monoisotopic (exact) mass is 315 g/mol. The van der Waals surface area contributed by atoms with Crippen LogP contribution in [0.4, 0.5) is 0 Å². The van der Waals surface area contributed by atoms with Crippen LogP contribution < -0.4 is 5.32 Å². The van der Waals surface area contributed by atoms with Crippen LogP contribution in [0.1, 0.15) is 24.9 Å². The Labute approximate surface area is 127 Å². The number of rotatable bonds is 5. The largest absolute Gasteiger partial charge is 0.464 e. The molecule has 0 radical (unpaired) electrons. The van der Waals surface area contributed by atoms with Gasteiger partial charge in [-0.2, -0.15) is 4.31 Å². The van der Waals surface area contributed by atoms with E-state index in [2.05, 4.69) is 10.2 Å². The summed E-state index contributed by atoms with van der Waals surface area (Å²) < 4.78 is 32.7. The van der Waals surface area contributed by atoms with Crippen molar-refractivity contribution in [2.45, 2.75) is 31.7 Å². The zero-order valence-corrected chi connectivity index (χ0v) is 13.9. The first-order chi connectivity index (χ1) is 9.95. The van der Waals surface area contributed by atoms with Crippen molar-refractivity contribution in [1.82, 2.24) is 14.5 Å². The molecule has 1 aromatic rings. The van der Waals surface area contributed by atoms with E-state index in [-0.39, 0.29) is 0 Å². The molecule has 2 heterocycles. The van der Waals surface area contributed by atoms with E-state index in [1.165, 1.54) is 0 Å². The minimum atomic E-state index is -3.46. The predicted molar refractivity (Wildman–Crippen MR) is 81.7 cm³/mol. The van der Waals surface area contributed by atoms with Crippen LogP contribution in [0, 0.1) is 6.92 Å². The second kappa shape index (κ2) is 6.91. The quantitative estimate of drug-likeness (QED) is 0.879. The van der Waals surface area contributed by atoms with E-state index in [1.807, 2.05) is 14.0 Å². The van der Waals surface area contributed by atoms with Gasteiger partial charge in [0.2, 0.25) is 10.0 Å². The van der Waals surface area contributed by atoms with Crippen LogP contribution >= 0.6 is 0 Å². The maximum Gasteiger partial charge on any atom is 0.246 e. The minimum absolute atomic E-state index is 0.306. The van der Waals surface area contributed by atoms with Gasteiger partial charge in [0.25, 0.3) is 0 Å². The molecule has 1 N–H and O–H groups in total. The molecule has 0 spiro atoms. The fourth-order valence-electron chi connectivity index (χ4n) is 2.52. The van der Waals surface area contributed by atoms with Gasteiger partial charge in [-0.05, 0) is 33.5 Å². The van der Waals surface area contributed by atoms with Crippen molar-refractivity contribution in [1.29, 1.82) is 0 Å². The van der Waals surface area contributed by atoms with Crippen LogP contribution in [0.2, 0.25) is 0 Å². The summed E-state index contributed by atoms with van der Waals surface area (Å²) in [6.45, 7) is 7.89. The number of nitrogens with zero attached hydrogens (tertiary/aromatic N) is 2. The van der Waals surface area contributed by atoms with Gasteiger partial charge in [0, 0.05) is 25.7 Å². The summed E-state index contributed by atoms with van der Waals surface area (Å²) in [5, 5.41) is 3.14. The highest BCUT2D eigenvalue weighted by molar-refractivity contribution is 7.89. The number of sulfonamides is 1. The normalized spacial score (nSPS) is 18.8. The molecule has 0 atom stereocenters. The molecule has 1 aliphatic heterocycles. The van der Waals surface area contributed by atoms with Crippen molar-refractivity contribution in [2.24, 2.45) is 0 Å². The van der Waals surface area contributed by atoms with Gasteiger partial charge in [-0.1, -0.05) is 6.92 Å². The van der Waals surface area contributed by atoms with Crippen molar-refractivity contribution in [2.75, 3.05) is 39.8 Å². The molecular weight excluding hydrogens is 290 g/mol. The standard InChI is InChI=1S/C14H25N3O3S/c1-4-15-11-13-10-14(12(2)20-13)21(18,19)17-7-5-6-16(3)8-9-17/h10,15H,4-9,11H2,1-3H3. The molecule has 120 valence electrons. The lowest BCUT2D eigenvalue weighted by molar-refractivity contribution is 0.347. The zero-order valence-electron chi connectivity index (χ0n) is 13.1. The molecule has 0 aromatic carbocycles. The van der Waals surface area contributed by atoms with Crippen LogP contribution in [0.15, 0.2) is 15.4 Å². The van der Waals surface area contributed by atoms with Gasteiger partial charge in [-0.3, -0.25) is 0 Å². The SMILES string of the molecule is CCNCc1cc(S(=O)(=O)N2CCCN(C)CC2)c(C)o1. The summed E-state index contributed by atoms with van der Waals surface area (Å²) >= 11 is 0. The van der Waals surface area contributed by atoms with Gasteiger partial charge >= 0.3 is 0 Å². The average Bonchev–Trinajstić information content (AvgIpc) is 2.66. The summed E-state index contributed by atoms with van der Waals surface area (Å²) in [6, 6.07) is 1.65. The highest BCUT2D eigenvalue weighted by Gasteiger charge is 2.29. The first-order valence-electron chi connectivity index (χ1n) is 7.44. The molecule has 1 aliphatic rings. The number of furan rings is 1. The molecule has 0 amide bonds. The van der Waals surface area contributed by atoms with Gasteiger partial charge < -0.3 is 14.6 Å². The van der Waals surface area contributed by atoms with Crippen LogP contribution in [-0.2, 0) is 16.6 Å². The molecule has 1 saturated heterocycles. The van der Waals surface area contributed by atoms with E-state index >= 15 is 0 Å². The van der Waals surface area contributed by atoms with Crippen molar-refractivity contribution >= 4 is 10.0 Å². The molecule has 21 heavy (non-hydrogen) atoms. The first kappa shape index (κ1) is 16.5. The minimum Gasteiger partial charge on any atom is -0.464 e. The molecular formula is C14H25N3O3S. The van der Waals surface area contributed by atoms with E-state index in [4.69, 9.17) is 4.42 Å². The maximum absolute atomic E-state index is 12.8. The smallest absolute Gasteiger partial charge is 0.246 e. The van der Waals surface area contributed by atoms with Gasteiger partial charge in [-0.15, -0.1) is 0 Å². The lowest BCUT2D eigenvalue weighted by Gasteiger charge is -2.19. The van der Waals surface area contributed by atoms with Crippen LogP contribution in [0.3, 0.4) is 0 Å². The Hall–Kier alpha value is -0.890. The third kappa shape index (κ3) is 3.85. The third-order valence-corrected chi connectivity index (χ3v) is 5.77. The Morgan fingerprint density at radius 2 is 2.05 bits per heavy atom. The maximum atomic E-state index is 12.8. The second-order valence-electron chi connectivity index (χ2n) is 5.47. The first-order valence-corrected chi connectivity index (χ1v) is 8.88. The van der Waals surface area contributed by atoms with Gasteiger partial charge in [0.05, 0.1) is 6.54 Å². The van der Waals surface area contributed by atoms with Gasteiger partial charge in [-0.25, -0.2) is 8.42 Å². The van der Waals surface area contributed by atoms with Crippen LogP contribution in [0.25, 0.3) is 0 Å². The Bertz CT molecular complexity index is 568. The fourth-order valence-corrected chi connectivity index (χ4v) is 4.17. The topological polar surface area (TPSA) is 65.8 Å². The Morgan fingerprint density at radius 1 is 1.29 bits per heavy atom. The lowest BCUT2D eigenvalue weighted by Crippen LogP contribution is -2.34. The molecule has 7 heteroatoms. The summed E-state index contributed by atoms with van der Waals surface area (Å²) in [4.78, 5) is 2.47. The Balaban J connectivity index is 2.20. The number of hydrogen-bond acceptors (Lipinski definition) is 5. The molecule has 0 bridgehead atoms. The van der Waals surface area contributed by atoms with Gasteiger partial charge in [0.1, 0.15) is 16.4 Å². The Kier molecular flexibility index (Phi) is 5.43. The fraction of sp³-hybridized carbons (Fsp3) is 0.714. The van der Waals surface area contributed by atoms with E-state index in [0.29, 0.717) is 36.1 Å². The van der Waals surface area contributed by atoms with E-state index < -0.39 is 10.0 Å². The number of aryl methyl sites for hydroxylation is 1. The highest BCUT2D eigenvalue weighted by atomic mass is 32.2. The molecule has 2 rings (SSSR count). The number of nitrogens with one attached hydrogen (secondary N) is 1. The summed E-state index contributed by atoms with van der Waals surface area (Å²) in [6.07, 6.45) is 0.858. The Morgan fingerprint density at radius 3 is 2.76 bits per heavy atom. The molecule has 1 fully saturated rings. The summed E-state index contributed by atoms with van der Waals surface area (Å²) in [5.41, 5.74) is 0. The summed E-state index contributed by atoms with van der Waals surface area (Å²) in [5.74, 6) is 1.14. The van der Waals surface area contributed by atoms with E-state index in [1.54, 1.807) is 17.3 Å². The summed E-state index contributed by atoms with van der Waals surface area (Å²) in [7, 11) is -1.44. The van der Waals surface area contributed by atoms with Gasteiger partial charge in [0.15, 0.2) is 0 Å². The number of likely N-dealkylation sites (N-methyl/N-ethyl adjacent to an activating group) is 1.